The Bertz CT molecular complexity index is 4930. The summed E-state index contributed by atoms with van der Waals surface area (Å²) in [6, 6.07) is 120. The highest BCUT2D eigenvalue weighted by Crippen LogP contribution is 2.36. The lowest BCUT2D eigenvalue weighted by molar-refractivity contribution is 0.270. The fourth-order valence-electron chi connectivity index (χ4n) is 13.2. The van der Waals surface area contributed by atoms with E-state index in [4.69, 9.17) is 66.3 Å². The van der Waals surface area contributed by atoms with E-state index in [-0.39, 0.29) is 46.2 Å². The Hall–Kier alpha value is -15.2. The third-order valence-electron chi connectivity index (χ3n) is 19.3. The molecule has 610 valence electrons. The molecule has 0 spiro atoms. The number of benzene rings is 15. The van der Waals surface area contributed by atoms with Crippen LogP contribution in [0, 0.1) is 0 Å². The number of rotatable bonds is 44. The van der Waals surface area contributed by atoms with Crippen LogP contribution < -0.4 is 66.3 Å². The molecule has 0 saturated heterocycles. The van der Waals surface area contributed by atoms with Crippen molar-refractivity contribution in [2.45, 2.75) is 99.0 Å². The summed E-state index contributed by atoms with van der Waals surface area (Å²) in [7, 11) is 0. The maximum absolute atomic E-state index is 9.68. The van der Waals surface area contributed by atoms with Gasteiger partial charge in [-0.05, 0) is 174 Å². The van der Waals surface area contributed by atoms with Gasteiger partial charge >= 0.3 is 0 Å². The summed E-state index contributed by atoms with van der Waals surface area (Å²) in [6.07, 6.45) is 0. The molecule has 0 fully saturated rings. The molecule has 0 unspecified atom stereocenters. The summed E-state index contributed by atoms with van der Waals surface area (Å²) in [5, 5.41) is 3.97. The molecule has 0 heterocycles. The molecule has 0 amide bonds. The molecule has 0 bridgehead atoms. The number of ether oxygens (including phenoxy) is 14. The molecule has 0 radical (unpaired) electrons. The van der Waals surface area contributed by atoms with Gasteiger partial charge in [-0.15, -0.1) is 0 Å². The van der Waals surface area contributed by atoms with Gasteiger partial charge in [0.1, 0.15) is 173 Å². The summed E-state index contributed by atoms with van der Waals surface area (Å²) in [5.41, 5.74) is 23.2. The Balaban J connectivity index is 0.709. The topological polar surface area (TPSA) is 178 Å². The van der Waals surface area contributed by atoms with Crippen molar-refractivity contribution < 1.29 is 66.3 Å². The van der Waals surface area contributed by atoms with E-state index >= 15 is 0 Å². The van der Waals surface area contributed by atoms with Gasteiger partial charge in [-0.25, -0.2) is 0 Å². The van der Waals surface area contributed by atoms with Crippen LogP contribution in [0.5, 0.6) is 80.5 Å². The lowest BCUT2D eigenvalue weighted by atomic mass is 10.1. The van der Waals surface area contributed by atoms with Crippen LogP contribution in [0.3, 0.4) is 0 Å². The summed E-state index contributed by atoms with van der Waals surface area (Å²) in [4.78, 5) is 3.12. The minimum atomic E-state index is 0.0106. The zero-order chi connectivity index (χ0) is 82.8. The van der Waals surface area contributed by atoms with E-state index in [0.717, 1.165) is 66.8 Å². The van der Waals surface area contributed by atoms with Crippen LogP contribution in [-0.2, 0) is 99.0 Å². The van der Waals surface area contributed by atoms with Crippen LogP contribution in [-0.4, -0.2) is 0 Å². The molecule has 15 aromatic carbocycles. The predicted molar refractivity (Wildman–Crippen MR) is 470 cm³/mol. The van der Waals surface area contributed by atoms with Gasteiger partial charge in [0, 0.05) is 47.4 Å². The average Bonchev–Trinajstić information content (AvgIpc) is 0.832. The van der Waals surface area contributed by atoms with Gasteiger partial charge in [0.15, 0.2) is 0 Å². The van der Waals surface area contributed by atoms with Gasteiger partial charge in [-0.2, -0.15) is 0 Å². The van der Waals surface area contributed by atoms with E-state index in [9.17, 15) is 5.53 Å². The highest BCUT2D eigenvalue weighted by Gasteiger charge is 2.17. The van der Waals surface area contributed by atoms with Gasteiger partial charge in [0.05, 0.1) is 6.54 Å². The average molecular weight is 1620 g/mol. The first kappa shape index (κ1) is 81.9. The SMILES string of the molecule is [N-]=[N+]=NCc1cc(OCc2cc(OCc3cc(OCc4ccccc4)cc(OCc4ccccc4)c3)cc(OCc3cc(OCc4ccccc4)cc(OCc4ccccc4)c3)c2)cc(OCc2cc(OCc3cc(OCc4ccccc4)cc(OCc4ccccc4)c3)cc(OCc3cc(OCc4ccccc4)cc(OCc4ccccc4)c3)c2)c1. The zero-order valence-electron chi connectivity index (χ0n) is 67.4. The Morgan fingerprint density at radius 1 is 0.148 bits per heavy atom. The Morgan fingerprint density at radius 3 is 0.385 bits per heavy atom. The molecule has 0 N–H and O–H groups in total. The lowest BCUT2D eigenvalue weighted by Gasteiger charge is -2.17. The molecule has 0 aliphatic heterocycles. The normalized spacial score (nSPS) is 10.8. The molecule has 0 aliphatic rings. The largest absolute Gasteiger partial charge is 0.489 e. The minimum Gasteiger partial charge on any atom is -0.489 e. The van der Waals surface area contributed by atoms with Gasteiger partial charge in [-0.3, -0.25) is 0 Å². The van der Waals surface area contributed by atoms with E-state index in [1.165, 1.54) is 0 Å². The molecule has 15 rings (SSSR count). The van der Waals surface area contributed by atoms with E-state index in [2.05, 4.69) is 10.0 Å². The van der Waals surface area contributed by atoms with Gasteiger partial charge in [0.25, 0.3) is 0 Å². The third kappa shape index (κ3) is 26.4. The van der Waals surface area contributed by atoms with Crippen molar-refractivity contribution in [1.29, 1.82) is 0 Å². The summed E-state index contributed by atoms with van der Waals surface area (Å²) < 4.78 is 91.9. The van der Waals surface area contributed by atoms with Crippen molar-refractivity contribution >= 4 is 0 Å². The first-order chi connectivity index (χ1) is 60.2. The number of azide groups is 1. The summed E-state index contributed by atoms with van der Waals surface area (Å²) in [5.74, 6) is 7.87. The van der Waals surface area contributed by atoms with Gasteiger partial charge in [0.2, 0.25) is 0 Å². The Kier molecular flexibility index (Phi) is 29.1. The van der Waals surface area contributed by atoms with Crippen molar-refractivity contribution in [2.24, 2.45) is 5.11 Å². The lowest BCUT2D eigenvalue weighted by Crippen LogP contribution is -2.04. The number of nitrogens with zero attached hydrogens (tertiary/aromatic N) is 3. The molecule has 0 aromatic heterocycles. The molecule has 0 atom stereocenters. The van der Waals surface area contributed by atoms with Gasteiger partial charge in [-0.1, -0.05) is 248 Å². The molecular formula is C105H91N3O14. The van der Waals surface area contributed by atoms with Crippen molar-refractivity contribution in [1.82, 2.24) is 0 Å². The van der Waals surface area contributed by atoms with Crippen molar-refractivity contribution in [3.05, 3.63) is 464 Å². The first-order valence-corrected chi connectivity index (χ1v) is 40.3. The second-order valence-corrected chi connectivity index (χ2v) is 29.0. The number of hydrogen-bond donors (Lipinski definition) is 0. The Labute approximate surface area is 710 Å². The molecule has 15 aromatic rings. The summed E-state index contributed by atoms with van der Waals surface area (Å²) >= 11 is 0. The molecule has 0 aliphatic carbocycles. The fraction of sp³-hybridized carbons (Fsp3) is 0.143. The van der Waals surface area contributed by atoms with Crippen molar-refractivity contribution in [3.8, 4) is 80.5 Å². The maximum Gasteiger partial charge on any atom is 0.123 e. The highest BCUT2D eigenvalue weighted by atomic mass is 16.5. The fourth-order valence-corrected chi connectivity index (χ4v) is 13.2. The van der Waals surface area contributed by atoms with E-state index in [1.807, 2.05) is 364 Å². The maximum atomic E-state index is 9.68. The number of hydrogen-bond acceptors (Lipinski definition) is 15. The predicted octanol–water partition coefficient (Wildman–Crippen LogP) is 24.6. The van der Waals surface area contributed by atoms with E-state index in [0.29, 0.717) is 150 Å². The Morgan fingerprint density at radius 2 is 0.262 bits per heavy atom. The third-order valence-corrected chi connectivity index (χ3v) is 19.3. The van der Waals surface area contributed by atoms with Crippen LogP contribution in [0.2, 0.25) is 0 Å². The smallest absolute Gasteiger partial charge is 0.123 e. The van der Waals surface area contributed by atoms with Crippen LogP contribution in [0.25, 0.3) is 10.4 Å². The molecule has 17 nitrogen and oxygen atoms in total. The minimum absolute atomic E-state index is 0.0106. The quantitative estimate of drug-likeness (QED) is 0.0200. The van der Waals surface area contributed by atoms with E-state index in [1.54, 1.807) is 6.07 Å². The zero-order valence-corrected chi connectivity index (χ0v) is 67.4. The van der Waals surface area contributed by atoms with Crippen molar-refractivity contribution in [3.63, 3.8) is 0 Å². The molecule has 0 saturated carbocycles. The van der Waals surface area contributed by atoms with Crippen LogP contribution >= 0.6 is 0 Å². The van der Waals surface area contributed by atoms with Crippen molar-refractivity contribution in [2.75, 3.05) is 0 Å². The molecular weight excluding hydrogens is 1530 g/mol. The van der Waals surface area contributed by atoms with Crippen LogP contribution in [0.1, 0.15) is 83.5 Å². The first-order valence-electron chi connectivity index (χ1n) is 40.3. The second-order valence-electron chi connectivity index (χ2n) is 29.0. The van der Waals surface area contributed by atoms with Gasteiger partial charge < -0.3 is 66.3 Å². The van der Waals surface area contributed by atoms with E-state index < -0.39 is 0 Å². The second kappa shape index (κ2) is 43.3. The van der Waals surface area contributed by atoms with Crippen LogP contribution in [0.4, 0.5) is 0 Å². The standard InChI is InChI=1S/C105H91N3O14/c106-108-107-62-85-41-92(117-71-90-51-102(119-73-86-43-94(109-63-77-25-9-1-10-26-77)56-95(44-86)110-64-78-27-11-2-12-28-78)60-103(52-90)120-74-87-45-96(111-65-79-29-13-3-14-30-79)57-97(46-87)112-66-80-31-15-4-16-32-80)55-93(42-85)118-72-91-53-104(121-75-88-47-98(113-67-81-33-17-5-18-34-81)58-99(48-88)114-68-82-35-19-6-20-36-82)61-105(54-91)122-76-89-49-100(115-69-83-37-21-7-22-38-83)59-101(50-89)116-70-84-39-23-8-24-40-84/h1-61H,62-76H2. The highest BCUT2D eigenvalue weighted by molar-refractivity contribution is 5.47. The molecule has 17 heteroatoms. The monoisotopic (exact) mass is 1620 g/mol. The molecule has 122 heavy (non-hydrogen) atoms. The summed E-state index contributed by atoms with van der Waals surface area (Å²) in [6.45, 7) is 3.48. The van der Waals surface area contributed by atoms with Crippen LogP contribution in [0.15, 0.2) is 375 Å².